The van der Waals surface area contributed by atoms with E-state index in [1.54, 1.807) is 27.7 Å². The normalized spacial score (nSPS) is 14.8. The molecular weight excluding hydrogens is 406 g/mol. The number of carboxylic acid groups (broad SMARTS) is 1. The SMILES string of the molecule is CC(C)[C@H](N)C(=O)N[C@H](C(=O)N[C@@H](CCCN=C(N)N)C(=O)N[C@@H](C)C(=O)O)C(C)C. The van der Waals surface area contributed by atoms with Crippen LogP contribution in [0, 0.1) is 11.8 Å². The smallest absolute Gasteiger partial charge is 0.325 e. The first-order valence-corrected chi connectivity index (χ1v) is 10.2. The lowest BCUT2D eigenvalue weighted by atomic mass is 9.99. The molecule has 0 saturated heterocycles. The zero-order valence-corrected chi connectivity index (χ0v) is 18.8. The molecule has 0 radical (unpaired) electrons. The van der Waals surface area contributed by atoms with E-state index in [0.717, 1.165) is 0 Å². The summed E-state index contributed by atoms with van der Waals surface area (Å²) in [5.74, 6) is -3.45. The average molecular weight is 444 g/mol. The van der Waals surface area contributed by atoms with Crippen molar-refractivity contribution in [2.24, 2.45) is 34.0 Å². The van der Waals surface area contributed by atoms with Crippen molar-refractivity contribution in [1.82, 2.24) is 16.0 Å². The van der Waals surface area contributed by atoms with E-state index in [-0.39, 0.29) is 30.8 Å². The maximum atomic E-state index is 12.9. The number of aliphatic imine (C=N–C) groups is 1. The molecule has 178 valence electrons. The zero-order chi connectivity index (χ0) is 24.3. The maximum absolute atomic E-state index is 12.9. The van der Waals surface area contributed by atoms with Crippen LogP contribution in [0.4, 0.5) is 0 Å². The maximum Gasteiger partial charge on any atom is 0.325 e. The highest BCUT2D eigenvalue weighted by Crippen LogP contribution is 2.07. The molecule has 4 atom stereocenters. The Labute approximate surface area is 182 Å². The van der Waals surface area contributed by atoms with Crippen LogP contribution in [0.2, 0.25) is 0 Å². The fourth-order valence-corrected chi connectivity index (χ4v) is 2.50. The summed E-state index contributed by atoms with van der Waals surface area (Å²) < 4.78 is 0. The van der Waals surface area contributed by atoms with Gasteiger partial charge in [-0.05, 0) is 31.6 Å². The van der Waals surface area contributed by atoms with Crippen molar-refractivity contribution in [2.75, 3.05) is 6.54 Å². The summed E-state index contributed by atoms with van der Waals surface area (Å²) in [6.45, 7) is 8.59. The quantitative estimate of drug-likeness (QED) is 0.0980. The molecule has 0 aromatic carbocycles. The Hall–Kier alpha value is -2.89. The number of hydrogen-bond acceptors (Lipinski definition) is 6. The number of nitrogens with one attached hydrogen (secondary N) is 3. The molecule has 0 rings (SSSR count). The summed E-state index contributed by atoms with van der Waals surface area (Å²) in [4.78, 5) is 52.6. The van der Waals surface area contributed by atoms with Gasteiger partial charge in [0, 0.05) is 6.54 Å². The van der Waals surface area contributed by atoms with Gasteiger partial charge in [-0.25, -0.2) is 0 Å². The topological polar surface area (TPSA) is 215 Å². The Morgan fingerprint density at radius 3 is 1.90 bits per heavy atom. The van der Waals surface area contributed by atoms with Gasteiger partial charge in [0.1, 0.15) is 18.1 Å². The van der Waals surface area contributed by atoms with Gasteiger partial charge in [-0.1, -0.05) is 27.7 Å². The van der Waals surface area contributed by atoms with E-state index in [1.807, 2.05) is 0 Å². The summed E-state index contributed by atoms with van der Waals surface area (Å²) in [7, 11) is 0. The van der Waals surface area contributed by atoms with Gasteiger partial charge in [0.2, 0.25) is 17.7 Å². The highest BCUT2D eigenvalue weighted by Gasteiger charge is 2.31. The Morgan fingerprint density at radius 2 is 1.45 bits per heavy atom. The molecule has 0 aliphatic rings. The van der Waals surface area contributed by atoms with Crippen LogP contribution in [0.1, 0.15) is 47.5 Å². The Bertz CT molecular complexity index is 662. The molecule has 0 unspecified atom stereocenters. The van der Waals surface area contributed by atoms with Crippen LogP contribution in [-0.2, 0) is 19.2 Å². The van der Waals surface area contributed by atoms with Crippen LogP contribution in [0.3, 0.4) is 0 Å². The van der Waals surface area contributed by atoms with Crippen LogP contribution in [0.15, 0.2) is 4.99 Å². The minimum atomic E-state index is -1.21. The number of guanidine groups is 1. The lowest BCUT2D eigenvalue weighted by molar-refractivity contribution is -0.142. The number of carbonyl (C=O) groups is 4. The molecule has 12 nitrogen and oxygen atoms in total. The van der Waals surface area contributed by atoms with Crippen LogP contribution < -0.4 is 33.2 Å². The first kappa shape index (κ1) is 28.1. The van der Waals surface area contributed by atoms with Crippen LogP contribution in [-0.4, -0.2) is 65.5 Å². The standard InChI is InChI=1S/C19H37N7O5/c1-9(2)13(20)16(28)26-14(10(3)4)17(29)25-12(7-6-8-23-19(21)22)15(27)24-11(5)18(30)31/h9-14H,6-8,20H2,1-5H3,(H,24,27)(H,25,29)(H,26,28)(H,30,31)(H4,21,22,23)/t11-,12-,13-,14-/m0/s1. The second-order valence-corrected chi connectivity index (χ2v) is 8.08. The fourth-order valence-electron chi connectivity index (χ4n) is 2.50. The first-order chi connectivity index (χ1) is 14.3. The predicted molar refractivity (Wildman–Crippen MR) is 117 cm³/mol. The zero-order valence-electron chi connectivity index (χ0n) is 18.8. The number of amides is 3. The van der Waals surface area contributed by atoms with Crippen LogP contribution >= 0.6 is 0 Å². The minimum absolute atomic E-state index is 0.103. The highest BCUT2D eigenvalue weighted by molar-refractivity contribution is 5.94. The van der Waals surface area contributed by atoms with Crippen molar-refractivity contribution in [3.05, 3.63) is 0 Å². The molecule has 0 heterocycles. The van der Waals surface area contributed by atoms with Gasteiger partial charge in [0.15, 0.2) is 5.96 Å². The van der Waals surface area contributed by atoms with Gasteiger partial charge in [-0.15, -0.1) is 0 Å². The second-order valence-electron chi connectivity index (χ2n) is 8.08. The van der Waals surface area contributed by atoms with Crippen molar-refractivity contribution in [3.8, 4) is 0 Å². The molecule has 0 aliphatic heterocycles. The van der Waals surface area contributed by atoms with Gasteiger partial charge >= 0.3 is 5.97 Å². The molecule has 0 aromatic rings. The van der Waals surface area contributed by atoms with Crippen molar-refractivity contribution >= 4 is 29.7 Å². The number of carbonyl (C=O) groups excluding carboxylic acids is 3. The molecule has 0 bridgehead atoms. The number of rotatable bonds is 13. The molecule has 31 heavy (non-hydrogen) atoms. The van der Waals surface area contributed by atoms with E-state index in [0.29, 0.717) is 6.42 Å². The average Bonchev–Trinajstić information content (AvgIpc) is 2.66. The number of nitrogens with zero attached hydrogens (tertiary/aromatic N) is 1. The lowest BCUT2D eigenvalue weighted by Crippen LogP contribution is -2.58. The van der Waals surface area contributed by atoms with E-state index in [1.165, 1.54) is 6.92 Å². The van der Waals surface area contributed by atoms with Gasteiger partial charge in [-0.3, -0.25) is 24.2 Å². The van der Waals surface area contributed by atoms with E-state index < -0.39 is 47.9 Å². The summed E-state index contributed by atoms with van der Waals surface area (Å²) in [5, 5.41) is 16.6. The van der Waals surface area contributed by atoms with Gasteiger partial charge in [0.05, 0.1) is 6.04 Å². The largest absolute Gasteiger partial charge is 0.480 e. The molecule has 12 heteroatoms. The summed E-state index contributed by atoms with van der Waals surface area (Å²) >= 11 is 0. The molecule has 3 amide bonds. The number of hydrogen-bond donors (Lipinski definition) is 7. The molecule has 0 aromatic heterocycles. The van der Waals surface area contributed by atoms with E-state index in [9.17, 15) is 19.2 Å². The van der Waals surface area contributed by atoms with Gasteiger partial charge in [0.25, 0.3) is 0 Å². The Morgan fingerprint density at radius 1 is 0.871 bits per heavy atom. The Balaban J connectivity index is 5.37. The van der Waals surface area contributed by atoms with E-state index in [4.69, 9.17) is 22.3 Å². The van der Waals surface area contributed by atoms with Crippen molar-refractivity contribution < 1.29 is 24.3 Å². The molecule has 0 spiro atoms. The summed E-state index contributed by atoms with van der Waals surface area (Å²) in [6.07, 6.45) is 0.514. The summed E-state index contributed by atoms with van der Waals surface area (Å²) in [5.41, 5.74) is 16.4. The third-order valence-electron chi connectivity index (χ3n) is 4.58. The third kappa shape index (κ3) is 10.6. The molecule has 0 fully saturated rings. The highest BCUT2D eigenvalue weighted by atomic mass is 16.4. The van der Waals surface area contributed by atoms with Gasteiger partial charge in [-0.2, -0.15) is 0 Å². The van der Waals surface area contributed by atoms with Gasteiger partial charge < -0.3 is 38.3 Å². The van der Waals surface area contributed by atoms with E-state index in [2.05, 4.69) is 20.9 Å². The number of carboxylic acids is 1. The predicted octanol–water partition coefficient (Wildman–Crippen LogP) is -1.76. The lowest BCUT2D eigenvalue weighted by Gasteiger charge is -2.27. The molecule has 0 saturated carbocycles. The second kappa shape index (κ2) is 13.4. The molecule has 10 N–H and O–H groups in total. The monoisotopic (exact) mass is 443 g/mol. The first-order valence-electron chi connectivity index (χ1n) is 10.2. The van der Waals surface area contributed by atoms with E-state index >= 15 is 0 Å². The third-order valence-corrected chi connectivity index (χ3v) is 4.58. The molecular formula is C19H37N7O5. The van der Waals surface area contributed by atoms with Crippen molar-refractivity contribution in [1.29, 1.82) is 0 Å². The minimum Gasteiger partial charge on any atom is -0.480 e. The number of aliphatic carboxylic acids is 1. The summed E-state index contributed by atoms with van der Waals surface area (Å²) in [6, 6.07) is -3.90. The Kier molecular flexibility index (Phi) is 12.2. The van der Waals surface area contributed by atoms with Crippen molar-refractivity contribution in [2.45, 2.75) is 71.6 Å². The molecule has 0 aliphatic carbocycles. The van der Waals surface area contributed by atoms with Crippen LogP contribution in [0.5, 0.6) is 0 Å². The number of nitrogens with two attached hydrogens (primary N) is 3. The fraction of sp³-hybridized carbons (Fsp3) is 0.737. The van der Waals surface area contributed by atoms with Crippen LogP contribution in [0.25, 0.3) is 0 Å². The van der Waals surface area contributed by atoms with Crippen molar-refractivity contribution in [3.63, 3.8) is 0 Å².